The summed E-state index contributed by atoms with van der Waals surface area (Å²) in [5.41, 5.74) is -0.117. The molecule has 0 aromatic heterocycles. The van der Waals surface area contributed by atoms with Crippen molar-refractivity contribution in [3.63, 3.8) is 0 Å². The first-order chi connectivity index (χ1) is 10.7. The van der Waals surface area contributed by atoms with Crippen molar-refractivity contribution >= 4 is 22.4 Å². The number of benzene rings is 3. The first kappa shape index (κ1) is 13.6. The average molecular weight is 291 g/mol. The summed E-state index contributed by atoms with van der Waals surface area (Å²) < 4.78 is 5.21. The molecule has 5 nitrogen and oxygen atoms in total. The van der Waals surface area contributed by atoms with Crippen LogP contribution in [0.4, 0.5) is 5.69 Å². The van der Waals surface area contributed by atoms with E-state index < -0.39 is 11.7 Å². The van der Waals surface area contributed by atoms with Crippen molar-refractivity contribution < 1.29 is 14.6 Å². The second-order valence-electron chi connectivity index (χ2n) is 4.65. The molecule has 0 aliphatic carbocycles. The topological polar surface area (TPSA) is 74.7 Å². The molecule has 3 aromatic carbocycles. The Morgan fingerprint density at radius 1 is 1.05 bits per heavy atom. The Bertz CT molecular complexity index is 899. The highest BCUT2D eigenvalue weighted by Gasteiger charge is 2.27. The number of fused-ring (bicyclic) bond motifs is 1. The molecule has 3 rings (SSSR count). The van der Waals surface area contributed by atoms with Gasteiger partial charge in [-0.15, -0.1) is 0 Å². The van der Waals surface area contributed by atoms with Gasteiger partial charge in [-0.05, 0) is 29.7 Å². The van der Waals surface area contributed by atoms with E-state index in [2.05, 4.69) is 4.98 Å². The third kappa shape index (κ3) is 2.34. The maximum absolute atomic E-state index is 12.2. The van der Waals surface area contributed by atoms with Crippen molar-refractivity contribution in [1.29, 1.82) is 5.39 Å². The molecule has 22 heavy (non-hydrogen) atoms. The molecular formula is C17H11N2O3+. The molecule has 0 radical (unpaired) electrons. The van der Waals surface area contributed by atoms with Crippen LogP contribution in [0.1, 0.15) is 10.4 Å². The highest BCUT2D eigenvalue weighted by molar-refractivity contribution is 6.06. The molecule has 0 unspecified atom stereocenters. The maximum atomic E-state index is 12.2. The smallest absolute Gasteiger partial charge is 0.434 e. The van der Waals surface area contributed by atoms with Crippen LogP contribution in [0.15, 0.2) is 60.7 Å². The molecular weight excluding hydrogens is 280 g/mol. The van der Waals surface area contributed by atoms with Gasteiger partial charge in [0.05, 0.1) is 5.39 Å². The number of ether oxygens (including phenoxy) is 1. The normalized spacial score (nSPS) is 10.1. The molecule has 3 aromatic rings. The van der Waals surface area contributed by atoms with Crippen LogP contribution in [-0.2, 0) is 0 Å². The van der Waals surface area contributed by atoms with Crippen LogP contribution in [0, 0.1) is 5.39 Å². The number of hydrogen-bond donors (Lipinski definition) is 1. The molecule has 0 saturated carbocycles. The van der Waals surface area contributed by atoms with Crippen molar-refractivity contribution in [2.45, 2.75) is 0 Å². The molecule has 0 bridgehead atoms. The zero-order valence-corrected chi connectivity index (χ0v) is 11.4. The molecule has 0 spiro atoms. The second-order valence-corrected chi connectivity index (χ2v) is 4.65. The summed E-state index contributed by atoms with van der Waals surface area (Å²) in [5, 5.41) is 20.5. The molecule has 5 heteroatoms. The quantitative estimate of drug-likeness (QED) is 0.435. The van der Waals surface area contributed by atoms with E-state index in [1.54, 1.807) is 54.6 Å². The molecule has 0 amide bonds. The molecule has 0 aliphatic rings. The molecule has 106 valence electrons. The monoisotopic (exact) mass is 291 g/mol. The summed E-state index contributed by atoms with van der Waals surface area (Å²) in [6.45, 7) is 0. The standard InChI is InChI=1S/C17H10N2O3/c18-19-15-13-9-5-4-6-11(13)10-14(16(15)20)17(21)22-12-7-2-1-3-8-12/h1-10H/p+1. The largest absolute Gasteiger partial charge is 0.501 e. The van der Waals surface area contributed by atoms with E-state index in [0.717, 1.165) is 0 Å². The number of carbonyl (C=O) groups is 1. The van der Waals surface area contributed by atoms with E-state index in [0.29, 0.717) is 16.5 Å². The van der Waals surface area contributed by atoms with Gasteiger partial charge in [0.2, 0.25) is 11.1 Å². The molecule has 0 heterocycles. The van der Waals surface area contributed by atoms with E-state index in [1.165, 1.54) is 6.07 Å². The number of hydrogen-bond acceptors (Lipinski definition) is 4. The number of phenols is 1. The van der Waals surface area contributed by atoms with E-state index in [9.17, 15) is 9.90 Å². The second kappa shape index (κ2) is 5.54. The Hall–Kier alpha value is -3.39. The first-order valence-electron chi connectivity index (χ1n) is 6.57. The Balaban J connectivity index is 2.09. The van der Waals surface area contributed by atoms with Crippen molar-refractivity contribution in [2.75, 3.05) is 0 Å². The van der Waals surface area contributed by atoms with Crippen LogP contribution in [0.5, 0.6) is 11.5 Å². The molecule has 0 atom stereocenters. The van der Waals surface area contributed by atoms with E-state index >= 15 is 0 Å². The average Bonchev–Trinajstić information content (AvgIpc) is 2.55. The van der Waals surface area contributed by atoms with E-state index in [4.69, 9.17) is 10.1 Å². The lowest BCUT2D eigenvalue weighted by atomic mass is 10.0. The Morgan fingerprint density at radius 3 is 2.45 bits per heavy atom. The molecule has 0 fully saturated rings. The zero-order valence-electron chi connectivity index (χ0n) is 11.4. The van der Waals surface area contributed by atoms with Crippen LogP contribution in [0.3, 0.4) is 0 Å². The van der Waals surface area contributed by atoms with Crippen molar-refractivity contribution in [3.8, 4) is 11.5 Å². The lowest BCUT2D eigenvalue weighted by Gasteiger charge is -2.06. The number of aromatic hydroxyl groups is 1. The van der Waals surface area contributed by atoms with Gasteiger partial charge in [0.1, 0.15) is 11.3 Å². The van der Waals surface area contributed by atoms with Crippen LogP contribution in [0.25, 0.3) is 15.7 Å². The highest BCUT2D eigenvalue weighted by Crippen LogP contribution is 2.38. The summed E-state index contributed by atoms with van der Waals surface area (Å²) in [6.07, 6.45) is 0. The number of para-hydroxylation sites is 1. The number of esters is 1. The predicted molar refractivity (Wildman–Crippen MR) is 81.8 cm³/mol. The predicted octanol–water partition coefficient (Wildman–Crippen LogP) is 4.25. The minimum absolute atomic E-state index is 0.0573. The number of carbonyl (C=O) groups excluding carboxylic acids is 1. The minimum atomic E-state index is -0.723. The minimum Gasteiger partial charge on any atom is -0.501 e. The van der Waals surface area contributed by atoms with Crippen molar-refractivity contribution in [1.82, 2.24) is 0 Å². The highest BCUT2D eigenvalue weighted by atomic mass is 16.5. The Labute approximate surface area is 126 Å². The summed E-state index contributed by atoms with van der Waals surface area (Å²) in [4.78, 5) is 15.3. The fourth-order valence-corrected chi connectivity index (χ4v) is 2.22. The maximum Gasteiger partial charge on any atom is 0.434 e. The summed E-state index contributed by atoms with van der Waals surface area (Å²) in [7, 11) is 0. The Kier molecular flexibility index (Phi) is 3.42. The van der Waals surface area contributed by atoms with Gasteiger partial charge in [0, 0.05) is 0 Å². The van der Waals surface area contributed by atoms with Crippen LogP contribution in [-0.4, -0.2) is 11.1 Å². The van der Waals surface area contributed by atoms with Gasteiger partial charge in [-0.1, -0.05) is 36.4 Å². The van der Waals surface area contributed by atoms with Crippen molar-refractivity contribution in [3.05, 3.63) is 71.2 Å². The van der Waals surface area contributed by atoms with Crippen LogP contribution >= 0.6 is 0 Å². The number of nitrogens with zero attached hydrogens (tertiary/aromatic N) is 2. The molecule has 1 N–H and O–H groups in total. The Morgan fingerprint density at radius 2 is 1.73 bits per heavy atom. The third-order valence-corrected chi connectivity index (χ3v) is 3.27. The number of diazo groups is 1. The van der Waals surface area contributed by atoms with Gasteiger partial charge in [0.25, 0.3) is 0 Å². The molecule has 0 saturated heterocycles. The number of rotatable bonds is 2. The van der Waals surface area contributed by atoms with E-state index in [-0.39, 0.29) is 11.3 Å². The van der Waals surface area contributed by atoms with Gasteiger partial charge in [-0.2, -0.15) is 0 Å². The fraction of sp³-hybridized carbons (Fsp3) is 0. The van der Waals surface area contributed by atoms with E-state index in [1.807, 2.05) is 0 Å². The SMILES string of the molecule is N#[N+]c1c(O)c(C(=O)Oc2ccccc2)cc2ccccc12. The van der Waals surface area contributed by atoms with Gasteiger partial charge >= 0.3 is 11.7 Å². The lowest BCUT2D eigenvalue weighted by Crippen LogP contribution is -2.08. The third-order valence-electron chi connectivity index (χ3n) is 3.27. The lowest BCUT2D eigenvalue weighted by molar-refractivity contribution is 0.0732. The van der Waals surface area contributed by atoms with Crippen LogP contribution in [0.2, 0.25) is 0 Å². The summed E-state index contributed by atoms with van der Waals surface area (Å²) in [6, 6.07) is 17.0. The van der Waals surface area contributed by atoms with Crippen molar-refractivity contribution in [2.24, 2.45) is 0 Å². The van der Waals surface area contributed by atoms with Gasteiger partial charge in [-0.3, -0.25) is 0 Å². The summed E-state index contributed by atoms with van der Waals surface area (Å²) in [5.74, 6) is -0.774. The van der Waals surface area contributed by atoms with Gasteiger partial charge in [0.15, 0.2) is 4.98 Å². The van der Waals surface area contributed by atoms with Gasteiger partial charge in [-0.25, -0.2) is 4.79 Å². The fourth-order valence-electron chi connectivity index (χ4n) is 2.22. The summed E-state index contributed by atoms with van der Waals surface area (Å²) >= 11 is 0. The first-order valence-corrected chi connectivity index (χ1v) is 6.57. The van der Waals surface area contributed by atoms with Gasteiger partial charge < -0.3 is 9.84 Å². The molecule has 0 aliphatic heterocycles. The number of phenolic OH excluding ortho intramolecular Hbond substituents is 1. The van der Waals surface area contributed by atoms with Crippen LogP contribution < -0.4 is 4.74 Å². The zero-order chi connectivity index (χ0) is 15.5.